The van der Waals surface area contributed by atoms with E-state index in [1.165, 1.54) is 16.0 Å². The maximum Gasteiger partial charge on any atom is 0.0343 e. The van der Waals surface area contributed by atoms with E-state index in [2.05, 4.69) is 36.6 Å². The normalized spacial score (nSPS) is 9.81. The number of nitrogen functional groups attached to an aromatic ring is 1. The van der Waals surface area contributed by atoms with Crippen LogP contribution < -0.4 is 11.9 Å². The minimum absolute atomic E-state index is 0. The van der Waals surface area contributed by atoms with Crippen LogP contribution in [0.5, 0.6) is 0 Å². The molecule has 0 aliphatic carbocycles. The summed E-state index contributed by atoms with van der Waals surface area (Å²) in [6, 6.07) is 10.6. The van der Waals surface area contributed by atoms with Gasteiger partial charge in [-0.25, -0.2) is 0 Å². The molecule has 0 aliphatic rings. The van der Waals surface area contributed by atoms with E-state index in [-0.39, 0.29) is 6.15 Å². The number of nitrogens with two attached hydrogens (primary N) is 1. The van der Waals surface area contributed by atoms with Gasteiger partial charge in [0, 0.05) is 10.6 Å². The molecule has 2 aromatic rings. The van der Waals surface area contributed by atoms with Gasteiger partial charge in [0.15, 0.2) is 0 Å². The van der Waals surface area contributed by atoms with Crippen LogP contribution in [-0.4, -0.2) is 0 Å². The molecule has 0 saturated heterocycles. The second-order valence-electron chi connectivity index (χ2n) is 3.77. The van der Waals surface area contributed by atoms with E-state index < -0.39 is 0 Å². The summed E-state index contributed by atoms with van der Waals surface area (Å²) in [4.78, 5) is 1.45. The minimum Gasteiger partial charge on any atom is -0.399 e. The van der Waals surface area contributed by atoms with E-state index in [1.54, 1.807) is 0 Å². The minimum atomic E-state index is 0. The molecule has 0 amide bonds. The van der Waals surface area contributed by atoms with E-state index in [4.69, 9.17) is 5.73 Å². The molecule has 0 bridgehead atoms. The Morgan fingerprint density at radius 1 is 1.19 bits per heavy atom. The van der Waals surface area contributed by atoms with E-state index in [1.807, 2.05) is 17.4 Å². The smallest absolute Gasteiger partial charge is 0.0343 e. The zero-order valence-corrected chi connectivity index (χ0v) is 10.4. The largest absolute Gasteiger partial charge is 0.399 e. The van der Waals surface area contributed by atoms with Gasteiger partial charge in [-0.15, -0.1) is 11.3 Å². The van der Waals surface area contributed by atoms with Crippen molar-refractivity contribution in [1.82, 2.24) is 6.15 Å². The Labute approximate surface area is 101 Å². The third-order valence-corrected chi connectivity index (χ3v) is 3.51. The first-order chi connectivity index (χ1) is 7.25. The van der Waals surface area contributed by atoms with Crippen LogP contribution in [0.2, 0.25) is 0 Å². The van der Waals surface area contributed by atoms with Crippen LogP contribution >= 0.6 is 11.3 Å². The fourth-order valence-corrected chi connectivity index (χ4v) is 2.32. The van der Waals surface area contributed by atoms with Gasteiger partial charge in [-0.05, 0) is 48.4 Å². The van der Waals surface area contributed by atoms with Gasteiger partial charge in [0.05, 0.1) is 0 Å². The molecule has 16 heavy (non-hydrogen) atoms. The molecule has 0 saturated carbocycles. The third-order valence-electron chi connectivity index (χ3n) is 2.57. The summed E-state index contributed by atoms with van der Waals surface area (Å²) in [6.45, 7) is 2.06. The molecule has 86 valence electrons. The molecule has 5 N–H and O–H groups in total. The van der Waals surface area contributed by atoms with E-state index in [0.717, 1.165) is 18.5 Å². The summed E-state index contributed by atoms with van der Waals surface area (Å²) in [5.74, 6) is 0. The van der Waals surface area contributed by atoms with Gasteiger partial charge in [0.25, 0.3) is 0 Å². The van der Waals surface area contributed by atoms with Crippen LogP contribution in [-0.2, 0) is 12.8 Å². The van der Waals surface area contributed by atoms with Gasteiger partial charge >= 0.3 is 0 Å². The molecule has 0 aliphatic heterocycles. The molecule has 0 spiro atoms. The van der Waals surface area contributed by atoms with Crippen LogP contribution in [0, 0.1) is 6.92 Å². The van der Waals surface area contributed by atoms with Crippen LogP contribution in [0.25, 0.3) is 0 Å². The first-order valence-electron chi connectivity index (χ1n) is 5.13. The van der Waals surface area contributed by atoms with Crippen molar-refractivity contribution in [2.75, 3.05) is 5.73 Å². The summed E-state index contributed by atoms with van der Waals surface area (Å²) in [5.41, 5.74) is 9.22. The third kappa shape index (κ3) is 3.08. The predicted molar refractivity (Wildman–Crippen MR) is 72.3 cm³/mol. The zero-order chi connectivity index (χ0) is 10.7. The highest BCUT2D eigenvalue weighted by Gasteiger charge is 1.98. The highest BCUT2D eigenvalue weighted by molar-refractivity contribution is 7.09. The Morgan fingerprint density at radius 2 is 2.00 bits per heavy atom. The standard InChI is InChI=1S/C13H15NS.H3N/c1-10-9-11(5-7-13(10)14)4-6-12-3-2-8-15-12;/h2-3,5,7-9H,4,6,14H2,1H3;1H3. The van der Waals surface area contributed by atoms with Crippen LogP contribution in [0.3, 0.4) is 0 Å². The number of aryl methyl sites for hydroxylation is 3. The van der Waals surface area contributed by atoms with Crippen LogP contribution in [0.15, 0.2) is 35.7 Å². The van der Waals surface area contributed by atoms with Crippen LogP contribution in [0.4, 0.5) is 5.69 Å². The Morgan fingerprint density at radius 3 is 2.62 bits per heavy atom. The summed E-state index contributed by atoms with van der Waals surface area (Å²) >= 11 is 1.82. The van der Waals surface area contributed by atoms with Crippen molar-refractivity contribution in [1.29, 1.82) is 0 Å². The van der Waals surface area contributed by atoms with Crippen molar-refractivity contribution in [3.05, 3.63) is 51.7 Å². The molecule has 2 nitrogen and oxygen atoms in total. The zero-order valence-electron chi connectivity index (χ0n) is 9.57. The summed E-state index contributed by atoms with van der Waals surface area (Å²) < 4.78 is 0. The van der Waals surface area contributed by atoms with E-state index in [9.17, 15) is 0 Å². The summed E-state index contributed by atoms with van der Waals surface area (Å²) in [5, 5.41) is 2.13. The van der Waals surface area contributed by atoms with Gasteiger partial charge in [-0.2, -0.15) is 0 Å². The van der Waals surface area contributed by atoms with Crippen molar-refractivity contribution >= 4 is 17.0 Å². The Balaban J connectivity index is 0.00000128. The Hall–Kier alpha value is -1.32. The molecule has 1 aromatic carbocycles. The lowest BCUT2D eigenvalue weighted by Gasteiger charge is -2.04. The molecule has 0 unspecified atom stereocenters. The quantitative estimate of drug-likeness (QED) is 0.797. The molecule has 1 aromatic heterocycles. The molecule has 0 fully saturated rings. The fourth-order valence-electron chi connectivity index (χ4n) is 1.62. The number of benzene rings is 1. The van der Waals surface area contributed by atoms with Gasteiger partial charge in [-0.3, -0.25) is 0 Å². The van der Waals surface area contributed by atoms with E-state index >= 15 is 0 Å². The van der Waals surface area contributed by atoms with Crippen molar-refractivity contribution in [2.45, 2.75) is 19.8 Å². The Bertz CT molecular complexity index is 435. The highest BCUT2D eigenvalue weighted by atomic mass is 32.1. The molecular formula is C13H18N2S. The molecule has 0 atom stereocenters. The molecule has 1 heterocycles. The second kappa shape index (κ2) is 5.68. The van der Waals surface area contributed by atoms with Crippen molar-refractivity contribution < 1.29 is 0 Å². The van der Waals surface area contributed by atoms with Crippen molar-refractivity contribution in [2.24, 2.45) is 0 Å². The number of hydrogen-bond donors (Lipinski definition) is 2. The average Bonchev–Trinajstić information content (AvgIpc) is 2.73. The van der Waals surface area contributed by atoms with Gasteiger partial charge in [0.1, 0.15) is 0 Å². The predicted octanol–water partition coefficient (Wildman–Crippen LogP) is 3.59. The van der Waals surface area contributed by atoms with Gasteiger partial charge in [0.2, 0.25) is 0 Å². The van der Waals surface area contributed by atoms with Crippen molar-refractivity contribution in [3.63, 3.8) is 0 Å². The lowest BCUT2D eigenvalue weighted by Crippen LogP contribution is -1.93. The first kappa shape index (κ1) is 12.7. The molecular weight excluding hydrogens is 216 g/mol. The number of rotatable bonds is 3. The number of anilines is 1. The first-order valence-corrected chi connectivity index (χ1v) is 6.01. The average molecular weight is 234 g/mol. The summed E-state index contributed by atoms with van der Waals surface area (Å²) in [7, 11) is 0. The lowest BCUT2D eigenvalue weighted by molar-refractivity contribution is 0.979. The number of hydrogen-bond acceptors (Lipinski definition) is 3. The monoisotopic (exact) mass is 234 g/mol. The summed E-state index contributed by atoms with van der Waals surface area (Å²) in [6.07, 6.45) is 2.22. The lowest BCUT2D eigenvalue weighted by atomic mass is 10.1. The Kier molecular flexibility index (Phi) is 4.52. The topological polar surface area (TPSA) is 61.0 Å². The van der Waals surface area contributed by atoms with Gasteiger partial charge < -0.3 is 11.9 Å². The molecule has 2 rings (SSSR count). The number of thiophene rings is 1. The maximum absolute atomic E-state index is 5.78. The maximum atomic E-state index is 5.78. The van der Waals surface area contributed by atoms with Crippen LogP contribution in [0.1, 0.15) is 16.0 Å². The molecule has 0 radical (unpaired) electrons. The SMILES string of the molecule is Cc1cc(CCc2cccs2)ccc1N.N. The molecule has 3 heteroatoms. The fraction of sp³-hybridized carbons (Fsp3) is 0.231. The van der Waals surface area contributed by atoms with E-state index in [0.29, 0.717) is 0 Å². The van der Waals surface area contributed by atoms with Crippen molar-refractivity contribution in [3.8, 4) is 0 Å². The highest BCUT2D eigenvalue weighted by Crippen LogP contribution is 2.16. The van der Waals surface area contributed by atoms with Gasteiger partial charge in [-0.1, -0.05) is 18.2 Å². The second-order valence-corrected chi connectivity index (χ2v) is 4.80.